The molecule has 1 amide bonds. The van der Waals surface area contributed by atoms with Crippen LogP contribution in [-0.2, 0) is 4.74 Å². The van der Waals surface area contributed by atoms with E-state index in [0.717, 1.165) is 59.7 Å². The molecule has 2 fully saturated rings. The highest BCUT2D eigenvalue weighted by atomic mass is 16.5. The maximum absolute atomic E-state index is 12.0. The van der Waals surface area contributed by atoms with E-state index in [1.165, 1.54) is 25.9 Å². The normalized spacial score (nSPS) is 29.1. The molecule has 4 N–H and O–H groups in total. The molecule has 0 aromatic carbocycles. The highest BCUT2D eigenvalue weighted by molar-refractivity contribution is 5.97. The summed E-state index contributed by atoms with van der Waals surface area (Å²) >= 11 is 0. The molecule has 0 bridgehead atoms. The zero-order valence-corrected chi connectivity index (χ0v) is 21.5. The van der Waals surface area contributed by atoms with Gasteiger partial charge in [0, 0.05) is 50.1 Å². The van der Waals surface area contributed by atoms with Crippen molar-refractivity contribution in [1.29, 1.82) is 0 Å². The van der Waals surface area contributed by atoms with Crippen LogP contribution in [0.15, 0.2) is 42.3 Å². The maximum atomic E-state index is 12.0. The number of amides is 1. The summed E-state index contributed by atoms with van der Waals surface area (Å²) in [5, 5.41) is 6.65. The number of hydrogen-bond donors (Lipinski definition) is 3. The molecule has 1 saturated heterocycles. The Balaban J connectivity index is 1.39. The monoisotopic (exact) mass is 489 g/mol. The first-order valence-electron chi connectivity index (χ1n) is 13.1. The number of carbonyl (C=O) groups excluding carboxylic acids is 1. The fourth-order valence-corrected chi connectivity index (χ4v) is 5.56. The molecule has 0 spiro atoms. The van der Waals surface area contributed by atoms with Gasteiger partial charge in [-0.2, -0.15) is 0 Å². The molecule has 5 rings (SSSR count). The van der Waals surface area contributed by atoms with Crippen molar-refractivity contribution in [3.8, 4) is 0 Å². The molecule has 3 aliphatic carbocycles. The average molecular weight is 490 g/mol. The number of anilines is 1. The van der Waals surface area contributed by atoms with Gasteiger partial charge in [0.25, 0.3) is 0 Å². The summed E-state index contributed by atoms with van der Waals surface area (Å²) in [5.41, 5.74) is 11.6. The van der Waals surface area contributed by atoms with Gasteiger partial charge in [0.05, 0.1) is 18.8 Å². The Bertz CT molecular complexity index is 1120. The molecule has 8 nitrogen and oxygen atoms in total. The highest BCUT2D eigenvalue weighted by Gasteiger charge is 2.41. The van der Waals surface area contributed by atoms with Crippen molar-refractivity contribution < 1.29 is 9.53 Å². The van der Waals surface area contributed by atoms with Crippen LogP contribution in [0, 0.1) is 17.8 Å². The Morgan fingerprint density at radius 2 is 2.03 bits per heavy atom. The zero-order chi connectivity index (χ0) is 25.2. The molecule has 191 valence electrons. The summed E-state index contributed by atoms with van der Waals surface area (Å²) in [6.45, 7) is 3.72. The minimum atomic E-state index is -0.256. The molecular weight excluding hydrogens is 452 g/mol. The van der Waals surface area contributed by atoms with Crippen molar-refractivity contribution in [2.45, 2.75) is 51.1 Å². The third-order valence-corrected chi connectivity index (χ3v) is 7.80. The van der Waals surface area contributed by atoms with E-state index in [1.807, 2.05) is 25.5 Å². The largest absolute Gasteiger partial charge is 0.453 e. The number of ether oxygens (including phenoxy) is 1. The third kappa shape index (κ3) is 5.19. The lowest BCUT2D eigenvalue weighted by atomic mass is 9.87. The first-order valence-corrected chi connectivity index (χ1v) is 13.1. The highest BCUT2D eigenvalue weighted by Crippen LogP contribution is 2.50. The molecule has 1 radical (unpaired) electrons. The van der Waals surface area contributed by atoms with Crippen molar-refractivity contribution >= 4 is 23.2 Å². The number of nitrogens with one attached hydrogen (secondary N) is 2. The number of likely N-dealkylation sites (tertiary alicyclic amines) is 1. The molecule has 2 heterocycles. The summed E-state index contributed by atoms with van der Waals surface area (Å²) in [6, 6.07) is 0.212. The summed E-state index contributed by atoms with van der Waals surface area (Å²) < 4.78 is 4.92. The van der Waals surface area contributed by atoms with Gasteiger partial charge in [0.1, 0.15) is 0 Å². The smallest absolute Gasteiger partial charge is 0.409 e. The average Bonchev–Trinajstić information content (AvgIpc) is 3.53. The number of methoxy groups -OCH3 is 1. The van der Waals surface area contributed by atoms with Crippen molar-refractivity contribution in [2.24, 2.45) is 17.6 Å². The Morgan fingerprint density at radius 3 is 2.75 bits per heavy atom. The van der Waals surface area contributed by atoms with E-state index in [4.69, 9.17) is 20.4 Å². The van der Waals surface area contributed by atoms with Crippen LogP contribution in [-0.4, -0.2) is 60.3 Å². The van der Waals surface area contributed by atoms with Crippen LogP contribution in [0.2, 0.25) is 0 Å². The molecule has 1 saturated carbocycles. The van der Waals surface area contributed by atoms with Crippen LogP contribution < -0.4 is 16.4 Å². The van der Waals surface area contributed by atoms with Crippen molar-refractivity contribution in [3.63, 3.8) is 0 Å². The van der Waals surface area contributed by atoms with Crippen LogP contribution in [0.25, 0.3) is 11.1 Å². The first-order chi connectivity index (χ1) is 17.5. The summed E-state index contributed by atoms with van der Waals surface area (Å²) in [4.78, 5) is 23.5. The third-order valence-electron chi connectivity index (χ3n) is 7.80. The second kappa shape index (κ2) is 10.5. The fraction of sp³-hybridized carbons (Fsp3) is 0.500. The predicted molar refractivity (Wildman–Crippen MR) is 143 cm³/mol. The summed E-state index contributed by atoms with van der Waals surface area (Å²) in [6.07, 6.45) is 17.7. The lowest BCUT2D eigenvalue weighted by molar-refractivity contribution is 0.132. The molecule has 2 atom stereocenters. The van der Waals surface area contributed by atoms with Gasteiger partial charge in [-0.15, -0.1) is 0 Å². The minimum Gasteiger partial charge on any atom is -0.453 e. The van der Waals surface area contributed by atoms with E-state index >= 15 is 0 Å². The van der Waals surface area contributed by atoms with Crippen LogP contribution in [0.3, 0.4) is 0 Å². The number of rotatable bonds is 6. The molecular formula is C28H37N6O2. The second-order valence-corrected chi connectivity index (χ2v) is 10.4. The topological polar surface area (TPSA) is 105 Å². The number of hydrogen-bond acceptors (Lipinski definition) is 7. The van der Waals surface area contributed by atoms with Crippen LogP contribution in [0.4, 0.5) is 10.7 Å². The number of nitrogens with zero attached hydrogens (tertiary/aromatic N) is 3. The maximum Gasteiger partial charge on any atom is 0.409 e. The molecule has 1 aromatic heterocycles. The molecule has 2 unspecified atom stereocenters. The Kier molecular flexibility index (Phi) is 7.14. The van der Waals surface area contributed by atoms with Gasteiger partial charge < -0.3 is 26.0 Å². The molecule has 36 heavy (non-hydrogen) atoms. The van der Waals surface area contributed by atoms with E-state index in [9.17, 15) is 4.79 Å². The van der Waals surface area contributed by atoms with Gasteiger partial charge in [0.15, 0.2) is 0 Å². The summed E-state index contributed by atoms with van der Waals surface area (Å²) in [5.74, 6) is 3.06. The zero-order valence-electron chi connectivity index (χ0n) is 21.5. The van der Waals surface area contributed by atoms with Crippen molar-refractivity contribution in [1.82, 2.24) is 20.2 Å². The number of aromatic nitrogens is 2. The quantitative estimate of drug-likeness (QED) is 0.556. The Labute approximate surface area is 213 Å². The lowest BCUT2D eigenvalue weighted by Crippen LogP contribution is -2.28. The van der Waals surface area contributed by atoms with Gasteiger partial charge >= 0.3 is 6.09 Å². The second-order valence-electron chi connectivity index (χ2n) is 10.4. The molecule has 1 aliphatic heterocycles. The lowest BCUT2D eigenvalue weighted by Gasteiger charge is -2.27. The Morgan fingerprint density at radius 1 is 1.22 bits per heavy atom. The Hall–Kier alpha value is -3.13. The van der Waals surface area contributed by atoms with Gasteiger partial charge in [-0.05, 0) is 60.7 Å². The first kappa shape index (κ1) is 24.6. The van der Waals surface area contributed by atoms with Crippen LogP contribution in [0.1, 0.15) is 50.3 Å². The number of carbonyl (C=O) groups is 1. The molecule has 8 heteroatoms. The standard InChI is InChI=1S/C28H37N6O2/c1-17-4-8-21(9-5-17)32-27-31-15-24(18-6-7-19(14-30-2)25(29)12-18)26(33-27)23-13-22(23)20-10-11-34(16-20)28(35)36-3/h6-7,12-15,17,20-21,25,30H,4-5,8-11,16,29H2,1-3H3,(H,31,32,33)/b19-14-. The van der Waals surface area contributed by atoms with Gasteiger partial charge in [0.2, 0.25) is 5.95 Å². The molecule has 4 aliphatic rings. The summed E-state index contributed by atoms with van der Waals surface area (Å²) in [7, 11) is 3.31. The van der Waals surface area contributed by atoms with E-state index < -0.39 is 0 Å². The van der Waals surface area contributed by atoms with E-state index in [2.05, 4.69) is 35.8 Å². The van der Waals surface area contributed by atoms with Crippen LogP contribution >= 0.6 is 0 Å². The van der Waals surface area contributed by atoms with Crippen molar-refractivity contribution in [3.05, 3.63) is 59.4 Å². The SMILES string of the molecule is CN/C=C1/C=CC(c2cnc(NC3CCC(C)CC3)nc2C2=C[C]2C2CCN(C(=O)OC)C2)=CC1N. The fourth-order valence-electron chi connectivity index (χ4n) is 5.56. The van der Waals surface area contributed by atoms with E-state index in [-0.39, 0.29) is 12.1 Å². The molecule has 1 aromatic rings. The van der Waals surface area contributed by atoms with Gasteiger partial charge in [-0.25, -0.2) is 14.8 Å². The van der Waals surface area contributed by atoms with Crippen molar-refractivity contribution in [2.75, 3.05) is 32.6 Å². The van der Waals surface area contributed by atoms with Crippen LogP contribution in [0.5, 0.6) is 0 Å². The van der Waals surface area contributed by atoms with Gasteiger partial charge in [-0.1, -0.05) is 31.2 Å². The van der Waals surface area contributed by atoms with E-state index in [1.54, 1.807) is 4.90 Å². The van der Waals surface area contributed by atoms with E-state index in [0.29, 0.717) is 24.5 Å². The number of nitrogens with two attached hydrogens (primary N) is 1. The van der Waals surface area contributed by atoms with Gasteiger partial charge in [-0.3, -0.25) is 0 Å². The number of allylic oxidation sites excluding steroid dienone is 4. The predicted octanol–water partition coefficient (Wildman–Crippen LogP) is 3.91. The minimum absolute atomic E-state index is 0.201.